The minimum absolute atomic E-state index is 0.0319. The van der Waals surface area contributed by atoms with Crippen LogP contribution in [0.15, 0.2) is 54.4 Å². The van der Waals surface area contributed by atoms with Gasteiger partial charge in [0.1, 0.15) is 5.75 Å². The average Bonchev–Trinajstić information content (AvgIpc) is 2.99. The van der Waals surface area contributed by atoms with E-state index in [0.29, 0.717) is 18.7 Å². The first-order chi connectivity index (χ1) is 10.6. The van der Waals surface area contributed by atoms with Crippen LogP contribution in [0, 0.1) is 0 Å². The molecule has 6 heteroatoms. The molecule has 0 atom stereocenters. The fraction of sp³-hybridized carbons (Fsp3) is 0.188. The van der Waals surface area contributed by atoms with Gasteiger partial charge in [-0.05, 0) is 29.6 Å². The van der Waals surface area contributed by atoms with E-state index >= 15 is 0 Å². The Labute approximate surface area is 131 Å². The number of nitrogens with zero attached hydrogens (tertiary/aromatic N) is 1. The first-order valence-corrected chi connectivity index (χ1v) is 7.45. The van der Waals surface area contributed by atoms with Crippen molar-refractivity contribution in [3.8, 4) is 5.75 Å². The second kappa shape index (κ2) is 7.70. The van der Waals surface area contributed by atoms with Gasteiger partial charge in [0.15, 0.2) is 0 Å². The van der Waals surface area contributed by atoms with Crippen molar-refractivity contribution in [3.05, 3.63) is 64.9 Å². The van der Waals surface area contributed by atoms with Gasteiger partial charge in [0.05, 0.1) is 6.54 Å². The summed E-state index contributed by atoms with van der Waals surface area (Å²) in [5.74, 6) is -0.288. The molecule has 0 saturated carbocycles. The smallest absolute Gasteiger partial charge is 0.387 e. The second-order valence-corrected chi connectivity index (χ2v) is 5.49. The fourth-order valence-electron chi connectivity index (χ4n) is 1.95. The van der Waals surface area contributed by atoms with E-state index in [2.05, 4.69) is 11.3 Å². The Morgan fingerprint density at radius 2 is 2.18 bits per heavy atom. The number of carbonyl (C=O) groups excluding carboxylic acids is 1. The lowest BCUT2D eigenvalue weighted by Gasteiger charge is -2.20. The molecule has 2 rings (SSSR count). The molecule has 1 heterocycles. The van der Waals surface area contributed by atoms with Crippen molar-refractivity contribution in [3.63, 3.8) is 0 Å². The molecule has 22 heavy (non-hydrogen) atoms. The molecule has 0 saturated heterocycles. The summed E-state index contributed by atoms with van der Waals surface area (Å²) in [5, 5.41) is 1.93. The first-order valence-electron chi connectivity index (χ1n) is 6.57. The number of hydrogen-bond donors (Lipinski definition) is 0. The van der Waals surface area contributed by atoms with Crippen LogP contribution in [-0.4, -0.2) is 24.0 Å². The highest BCUT2D eigenvalue weighted by atomic mass is 32.1. The van der Waals surface area contributed by atoms with Gasteiger partial charge in [0.2, 0.25) is 0 Å². The Morgan fingerprint density at radius 3 is 2.82 bits per heavy atom. The molecular formula is C16H15F2NO2S. The van der Waals surface area contributed by atoms with Crippen molar-refractivity contribution in [1.29, 1.82) is 0 Å². The Hall–Kier alpha value is -2.21. The van der Waals surface area contributed by atoms with Crippen LogP contribution in [0.3, 0.4) is 0 Å². The lowest BCUT2D eigenvalue weighted by atomic mass is 10.2. The molecule has 0 fully saturated rings. The number of rotatable bonds is 7. The van der Waals surface area contributed by atoms with Crippen molar-refractivity contribution < 1.29 is 18.3 Å². The van der Waals surface area contributed by atoms with Crippen molar-refractivity contribution in [1.82, 2.24) is 4.90 Å². The summed E-state index contributed by atoms with van der Waals surface area (Å²) in [5.41, 5.74) is 0.302. The van der Waals surface area contributed by atoms with Crippen LogP contribution in [0.25, 0.3) is 0 Å². The summed E-state index contributed by atoms with van der Waals surface area (Å²) in [7, 11) is 0. The van der Waals surface area contributed by atoms with E-state index in [-0.39, 0.29) is 11.7 Å². The van der Waals surface area contributed by atoms with Gasteiger partial charge in [-0.15, -0.1) is 17.9 Å². The van der Waals surface area contributed by atoms with Gasteiger partial charge in [-0.2, -0.15) is 8.78 Å². The Kier molecular flexibility index (Phi) is 5.66. The van der Waals surface area contributed by atoms with Gasteiger partial charge in [0, 0.05) is 17.0 Å². The van der Waals surface area contributed by atoms with Gasteiger partial charge < -0.3 is 9.64 Å². The van der Waals surface area contributed by atoms with Gasteiger partial charge in [-0.3, -0.25) is 4.79 Å². The highest BCUT2D eigenvalue weighted by Crippen LogP contribution is 2.19. The van der Waals surface area contributed by atoms with E-state index in [4.69, 9.17) is 0 Å². The van der Waals surface area contributed by atoms with Crippen LogP contribution in [0.2, 0.25) is 0 Å². The zero-order chi connectivity index (χ0) is 15.9. The number of thiophene rings is 1. The topological polar surface area (TPSA) is 29.5 Å². The Bertz CT molecular complexity index is 629. The minimum Gasteiger partial charge on any atom is -0.435 e. The second-order valence-electron chi connectivity index (χ2n) is 4.46. The van der Waals surface area contributed by atoms with Crippen molar-refractivity contribution in [2.24, 2.45) is 0 Å². The maximum Gasteiger partial charge on any atom is 0.387 e. The number of hydrogen-bond acceptors (Lipinski definition) is 3. The van der Waals surface area contributed by atoms with Gasteiger partial charge in [0.25, 0.3) is 5.91 Å². The van der Waals surface area contributed by atoms with Gasteiger partial charge >= 0.3 is 6.61 Å². The molecule has 0 bridgehead atoms. The minimum atomic E-state index is -2.92. The molecule has 1 aromatic heterocycles. The number of carbonyl (C=O) groups is 1. The third kappa shape index (κ3) is 4.39. The zero-order valence-electron chi connectivity index (χ0n) is 11.7. The molecule has 1 aromatic carbocycles. The predicted octanol–water partition coefficient (Wildman–Crippen LogP) is 4.18. The lowest BCUT2D eigenvalue weighted by Crippen LogP contribution is -2.30. The summed E-state index contributed by atoms with van der Waals surface area (Å²) in [4.78, 5) is 15.2. The monoisotopic (exact) mass is 323 g/mol. The molecule has 0 spiro atoms. The zero-order valence-corrected chi connectivity index (χ0v) is 12.6. The molecular weight excluding hydrogens is 308 g/mol. The van der Waals surface area contributed by atoms with Crippen LogP contribution >= 0.6 is 11.3 Å². The maximum atomic E-state index is 12.5. The average molecular weight is 323 g/mol. The lowest BCUT2D eigenvalue weighted by molar-refractivity contribution is -0.0499. The van der Waals surface area contributed by atoms with Crippen LogP contribution < -0.4 is 4.74 Å². The van der Waals surface area contributed by atoms with Crippen molar-refractivity contribution >= 4 is 17.2 Å². The molecule has 1 amide bonds. The molecule has 3 nitrogen and oxygen atoms in total. The molecule has 0 aliphatic carbocycles. The summed E-state index contributed by atoms with van der Waals surface area (Å²) < 4.78 is 28.8. The van der Waals surface area contributed by atoms with E-state index < -0.39 is 6.61 Å². The number of halogens is 2. The largest absolute Gasteiger partial charge is 0.435 e. The number of ether oxygens (including phenoxy) is 1. The number of benzene rings is 1. The van der Waals surface area contributed by atoms with E-state index in [1.807, 2.05) is 17.5 Å². The summed E-state index contributed by atoms with van der Waals surface area (Å²) >= 11 is 1.55. The maximum absolute atomic E-state index is 12.5. The third-order valence-corrected chi connectivity index (χ3v) is 3.73. The molecule has 2 aromatic rings. The van der Waals surface area contributed by atoms with E-state index in [1.54, 1.807) is 28.4 Å². The standard InChI is InChI=1S/C16H15F2NO2S/c1-2-8-19(11-14-7-4-9-22-14)15(20)12-5-3-6-13(10-12)21-16(17)18/h2-7,9-10,16H,1,8,11H2. The van der Waals surface area contributed by atoms with Crippen LogP contribution in [-0.2, 0) is 6.54 Å². The number of alkyl halides is 2. The van der Waals surface area contributed by atoms with Crippen LogP contribution in [0.4, 0.5) is 8.78 Å². The molecule has 0 radical (unpaired) electrons. The normalized spacial score (nSPS) is 10.5. The number of amides is 1. The Balaban J connectivity index is 2.17. The molecule has 0 unspecified atom stereocenters. The third-order valence-electron chi connectivity index (χ3n) is 2.87. The molecule has 0 aliphatic heterocycles. The highest BCUT2D eigenvalue weighted by Gasteiger charge is 2.16. The summed E-state index contributed by atoms with van der Waals surface area (Å²) in [6, 6.07) is 9.64. The first kappa shape index (κ1) is 16.2. The predicted molar refractivity (Wildman–Crippen MR) is 82.3 cm³/mol. The Morgan fingerprint density at radius 1 is 1.36 bits per heavy atom. The quantitative estimate of drug-likeness (QED) is 0.716. The van der Waals surface area contributed by atoms with Gasteiger partial charge in [-0.25, -0.2) is 0 Å². The van der Waals surface area contributed by atoms with Crippen LogP contribution in [0.1, 0.15) is 15.2 Å². The molecule has 0 aliphatic rings. The van der Waals surface area contributed by atoms with Crippen molar-refractivity contribution in [2.45, 2.75) is 13.2 Å². The molecule has 0 N–H and O–H groups in total. The summed E-state index contributed by atoms with van der Waals surface area (Å²) in [6.45, 7) is 1.55. The SMILES string of the molecule is C=CCN(Cc1cccs1)C(=O)c1cccc(OC(F)F)c1. The van der Waals surface area contributed by atoms with E-state index in [1.165, 1.54) is 18.2 Å². The summed E-state index contributed by atoms with van der Waals surface area (Å²) in [6.07, 6.45) is 1.63. The van der Waals surface area contributed by atoms with E-state index in [9.17, 15) is 13.6 Å². The van der Waals surface area contributed by atoms with E-state index in [0.717, 1.165) is 4.88 Å². The fourth-order valence-corrected chi connectivity index (χ4v) is 2.67. The van der Waals surface area contributed by atoms with Crippen LogP contribution in [0.5, 0.6) is 5.75 Å². The highest BCUT2D eigenvalue weighted by molar-refractivity contribution is 7.09. The van der Waals surface area contributed by atoms with Crippen molar-refractivity contribution in [2.75, 3.05) is 6.54 Å². The molecule has 116 valence electrons. The van der Waals surface area contributed by atoms with Gasteiger partial charge in [-0.1, -0.05) is 18.2 Å².